The number of nitrogens with one attached hydrogen (secondary N) is 1. The molecule has 26 heavy (non-hydrogen) atoms. The zero-order valence-electron chi connectivity index (χ0n) is 15.5. The van der Waals surface area contributed by atoms with E-state index in [0.717, 1.165) is 22.2 Å². The second kappa shape index (κ2) is 9.68. The molecule has 1 aromatic heterocycles. The van der Waals surface area contributed by atoms with Crippen molar-refractivity contribution in [2.75, 3.05) is 26.4 Å². The summed E-state index contributed by atoms with van der Waals surface area (Å²) in [4.78, 5) is 10.7. The van der Waals surface area contributed by atoms with Crippen LogP contribution in [0.2, 0.25) is 0 Å². The van der Waals surface area contributed by atoms with Gasteiger partial charge in [0, 0.05) is 26.0 Å². The Kier molecular flexibility index (Phi) is 7.59. The molecule has 0 unspecified atom stereocenters. The SMILES string of the molecule is CN=C(NCCCS(=O)(=O)Cc1ccccc1)N(C)Cc1csc(C)n1. The van der Waals surface area contributed by atoms with Crippen molar-refractivity contribution in [3.8, 4) is 0 Å². The molecule has 0 bridgehead atoms. The summed E-state index contributed by atoms with van der Waals surface area (Å²) < 4.78 is 24.4. The van der Waals surface area contributed by atoms with Crippen LogP contribution in [-0.2, 0) is 22.1 Å². The van der Waals surface area contributed by atoms with Crippen LogP contribution in [0.4, 0.5) is 0 Å². The number of rotatable bonds is 8. The average molecular weight is 395 g/mol. The first-order valence-electron chi connectivity index (χ1n) is 8.47. The number of hydrogen-bond donors (Lipinski definition) is 1. The number of aliphatic imine (C=N–C) groups is 1. The Morgan fingerprint density at radius 2 is 2.04 bits per heavy atom. The summed E-state index contributed by atoms with van der Waals surface area (Å²) in [6.07, 6.45) is 0.540. The molecule has 0 aliphatic rings. The Morgan fingerprint density at radius 1 is 1.31 bits per heavy atom. The lowest BCUT2D eigenvalue weighted by atomic mass is 10.2. The predicted octanol–water partition coefficient (Wildman–Crippen LogP) is 2.46. The van der Waals surface area contributed by atoms with E-state index in [1.165, 1.54) is 0 Å². The van der Waals surface area contributed by atoms with Gasteiger partial charge in [0.05, 0.1) is 28.8 Å². The van der Waals surface area contributed by atoms with Crippen molar-refractivity contribution in [3.05, 3.63) is 52.0 Å². The summed E-state index contributed by atoms with van der Waals surface area (Å²) in [5.74, 6) is 0.975. The molecule has 0 amide bonds. The van der Waals surface area contributed by atoms with Gasteiger partial charge in [0.1, 0.15) is 0 Å². The summed E-state index contributed by atoms with van der Waals surface area (Å²) in [7, 11) is 0.553. The van der Waals surface area contributed by atoms with Gasteiger partial charge in [0.2, 0.25) is 0 Å². The number of sulfone groups is 1. The number of guanidine groups is 1. The first-order chi connectivity index (χ1) is 12.4. The Bertz CT molecular complexity index is 817. The van der Waals surface area contributed by atoms with Gasteiger partial charge in [-0.15, -0.1) is 11.3 Å². The molecule has 0 atom stereocenters. The molecule has 1 aromatic carbocycles. The van der Waals surface area contributed by atoms with E-state index in [1.54, 1.807) is 18.4 Å². The Balaban J connectivity index is 1.76. The van der Waals surface area contributed by atoms with E-state index in [-0.39, 0.29) is 11.5 Å². The highest BCUT2D eigenvalue weighted by molar-refractivity contribution is 7.90. The van der Waals surface area contributed by atoms with Gasteiger partial charge in [-0.25, -0.2) is 13.4 Å². The van der Waals surface area contributed by atoms with Crippen LogP contribution in [0.15, 0.2) is 40.7 Å². The first kappa shape index (κ1) is 20.4. The fourth-order valence-corrected chi connectivity index (χ4v) is 4.61. The minimum Gasteiger partial charge on any atom is -0.356 e. The molecule has 0 radical (unpaired) electrons. The second-order valence-electron chi connectivity index (χ2n) is 6.12. The van der Waals surface area contributed by atoms with E-state index in [4.69, 9.17) is 0 Å². The number of aromatic nitrogens is 1. The molecule has 1 heterocycles. The van der Waals surface area contributed by atoms with Crippen LogP contribution in [0, 0.1) is 6.92 Å². The fourth-order valence-electron chi connectivity index (χ4n) is 2.58. The standard InChI is InChI=1S/C18H26N4O2S2/c1-15-21-17(13-25-15)12-22(3)18(19-2)20-10-7-11-26(23,24)14-16-8-5-4-6-9-16/h4-6,8-9,13H,7,10-12,14H2,1-3H3,(H,19,20). The molecule has 0 aliphatic heterocycles. The van der Waals surface area contributed by atoms with E-state index in [2.05, 4.69) is 15.3 Å². The Morgan fingerprint density at radius 3 is 2.65 bits per heavy atom. The Hall–Kier alpha value is -1.93. The molecule has 0 spiro atoms. The molecule has 1 N–H and O–H groups in total. The molecular formula is C18H26N4O2S2. The predicted molar refractivity (Wildman–Crippen MR) is 108 cm³/mol. The van der Waals surface area contributed by atoms with Crippen LogP contribution in [0.5, 0.6) is 0 Å². The maximum Gasteiger partial charge on any atom is 0.193 e. The second-order valence-corrected chi connectivity index (χ2v) is 9.37. The summed E-state index contributed by atoms with van der Waals surface area (Å²) in [6.45, 7) is 3.20. The maximum absolute atomic E-state index is 12.2. The van der Waals surface area contributed by atoms with Crippen molar-refractivity contribution in [3.63, 3.8) is 0 Å². The van der Waals surface area contributed by atoms with Crippen LogP contribution >= 0.6 is 11.3 Å². The highest BCUT2D eigenvalue weighted by atomic mass is 32.2. The molecule has 8 heteroatoms. The normalized spacial score (nSPS) is 12.2. The third kappa shape index (κ3) is 6.76. The lowest BCUT2D eigenvalue weighted by molar-refractivity contribution is 0.470. The molecule has 0 saturated carbocycles. The third-order valence-electron chi connectivity index (χ3n) is 3.78. The largest absolute Gasteiger partial charge is 0.356 e. The molecule has 2 aromatic rings. The molecule has 6 nitrogen and oxygen atoms in total. The van der Waals surface area contributed by atoms with Gasteiger partial charge in [-0.3, -0.25) is 4.99 Å². The number of nitrogens with zero attached hydrogens (tertiary/aromatic N) is 3. The van der Waals surface area contributed by atoms with Gasteiger partial charge in [-0.1, -0.05) is 30.3 Å². The van der Waals surface area contributed by atoms with E-state index < -0.39 is 9.84 Å². The number of thiazole rings is 1. The zero-order chi connectivity index (χ0) is 19.0. The van der Waals surface area contributed by atoms with Crippen molar-refractivity contribution in [2.45, 2.75) is 25.6 Å². The molecule has 0 aliphatic carbocycles. The van der Waals surface area contributed by atoms with Gasteiger partial charge in [-0.2, -0.15) is 0 Å². The van der Waals surface area contributed by atoms with Crippen LogP contribution < -0.4 is 5.32 Å². The minimum atomic E-state index is -3.11. The van der Waals surface area contributed by atoms with Gasteiger partial charge >= 0.3 is 0 Å². The van der Waals surface area contributed by atoms with Crippen LogP contribution in [0.25, 0.3) is 0 Å². The fraction of sp³-hybridized carbons (Fsp3) is 0.444. The van der Waals surface area contributed by atoms with Crippen molar-refractivity contribution in [1.82, 2.24) is 15.2 Å². The minimum absolute atomic E-state index is 0.0889. The summed E-state index contributed by atoms with van der Waals surface area (Å²) in [6, 6.07) is 9.28. The highest BCUT2D eigenvalue weighted by Crippen LogP contribution is 2.10. The van der Waals surface area contributed by atoms with Crippen LogP contribution in [-0.4, -0.2) is 50.7 Å². The van der Waals surface area contributed by atoms with Gasteiger partial charge < -0.3 is 10.2 Å². The number of hydrogen-bond acceptors (Lipinski definition) is 5. The lowest BCUT2D eigenvalue weighted by Gasteiger charge is -2.21. The molecule has 0 saturated heterocycles. The monoisotopic (exact) mass is 394 g/mol. The van der Waals surface area contributed by atoms with E-state index >= 15 is 0 Å². The summed E-state index contributed by atoms with van der Waals surface area (Å²) in [5.41, 5.74) is 1.83. The quantitative estimate of drug-likeness (QED) is 0.423. The number of aryl methyl sites for hydroxylation is 1. The van der Waals surface area contributed by atoms with Crippen molar-refractivity contribution in [2.24, 2.45) is 4.99 Å². The summed E-state index contributed by atoms with van der Waals surface area (Å²) >= 11 is 1.63. The van der Waals surface area contributed by atoms with Crippen LogP contribution in [0.3, 0.4) is 0 Å². The van der Waals surface area contributed by atoms with Crippen molar-refractivity contribution >= 4 is 27.1 Å². The zero-order valence-corrected chi connectivity index (χ0v) is 17.1. The molecule has 2 rings (SSSR count). The highest BCUT2D eigenvalue weighted by Gasteiger charge is 2.13. The van der Waals surface area contributed by atoms with E-state index in [0.29, 0.717) is 19.5 Å². The molecule has 142 valence electrons. The third-order valence-corrected chi connectivity index (χ3v) is 6.29. The van der Waals surface area contributed by atoms with Crippen molar-refractivity contribution in [1.29, 1.82) is 0 Å². The smallest absolute Gasteiger partial charge is 0.193 e. The van der Waals surface area contributed by atoms with Gasteiger partial charge in [0.15, 0.2) is 15.8 Å². The first-order valence-corrected chi connectivity index (χ1v) is 11.2. The molecular weight excluding hydrogens is 368 g/mol. The maximum atomic E-state index is 12.2. The van der Waals surface area contributed by atoms with Crippen LogP contribution in [0.1, 0.15) is 22.7 Å². The topological polar surface area (TPSA) is 74.7 Å². The van der Waals surface area contributed by atoms with E-state index in [1.807, 2.05) is 54.6 Å². The molecule has 0 fully saturated rings. The van der Waals surface area contributed by atoms with Gasteiger partial charge in [0.25, 0.3) is 0 Å². The lowest BCUT2D eigenvalue weighted by Crippen LogP contribution is -2.39. The van der Waals surface area contributed by atoms with E-state index in [9.17, 15) is 8.42 Å². The Labute approximate surface area is 159 Å². The summed E-state index contributed by atoms with van der Waals surface area (Å²) in [5, 5.41) is 6.30. The van der Waals surface area contributed by atoms with Crippen molar-refractivity contribution < 1.29 is 8.42 Å². The van der Waals surface area contributed by atoms with Gasteiger partial charge in [-0.05, 0) is 18.9 Å². The average Bonchev–Trinajstić information content (AvgIpc) is 3.00. The number of benzene rings is 1.